The van der Waals surface area contributed by atoms with Gasteiger partial charge in [-0.25, -0.2) is 18.8 Å². The highest BCUT2D eigenvalue weighted by molar-refractivity contribution is 6.11. The molecule has 0 aliphatic rings. The van der Waals surface area contributed by atoms with E-state index in [1.165, 1.54) is 41.5 Å². The van der Waals surface area contributed by atoms with Gasteiger partial charge in [0.05, 0.1) is 18.4 Å². The van der Waals surface area contributed by atoms with Crippen molar-refractivity contribution >= 4 is 23.8 Å². The summed E-state index contributed by atoms with van der Waals surface area (Å²) in [5, 5.41) is 0. The third-order valence-corrected chi connectivity index (χ3v) is 3.57. The largest absolute Gasteiger partial charge is 0.465 e. The number of carbonyl (C=O) groups excluding carboxylic acids is 3. The number of esters is 1. The Kier molecular flexibility index (Phi) is 7.36. The van der Waals surface area contributed by atoms with Crippen molar-refractivity contribution in [3.8, 4) is 0 Å². The van der Waals surface area contributed by atoms with Crippen molar-refractivity contribution in [3.63, 3.8) is 0 Å². The summed E-state index contributed by atoms with van der Waals surface area (Å²) in [5.74, 6) is -2.83. The molecule has 0 spiro atoms. The van der Waals surface area contributed by atoms with Crippen LogP contribution in [-0.4, -0.2) is 36.5 Å². The van der Waals surface area contributed by atoms with Gasteiger partial charge in [0.2, 0.25) is 0 Å². The Labute approximate surface area is 177 Å². The van der Waals surface area contributed by atoms with Gasteiger partial charge < -0.3 is 14.2 Å². The quantitative estimate of drug-likeness (QED) is 0.330. The Morgan fingerprint density at radius 1 is 0.903 bits per heavy atom. The Morgan fingerprint density at radius 2 is 1.32 bits per heavy atom. The monoisotopic (exact) mass is 451 g/mol. The molecular formula is C20H25F4NO6. The Hall–Kier alpha value is -2.85. The van der Waals surface area contributed by atoms with Crippen LogP contribution >= 0.6 is 0 Å². The van der Waals surface area contributed by atoms with Crippen LogP contribution in [0.15, 0.2) is 6.07 Å². The number of hydrogen-bond donors (Lipinski definition) is 0. The van der Waals surface area contributed by atoms with Gasteiger partial charge in [-0.05, 0) is 60.1 Å². The average molecular weight is 451 g/mol. The van der Waals surface area contributed by atoms with Crippen LogP contribution in [-0.2, 0) is 20.4 Å². The fourth-order valence-electron chi connectivity index (χ4n) is 2.50. The normalized spacial score (nSPS) is 12.3. The molecule has 0 N–H and O–H groups in total. The topological polar surface area (TPSA) is 82.1 Å². The predicted molar refractivity (Wildman–Crippen MR) is 102 cm³/mol. The molecule has 0 saturated carbocycles. The second-order valence-electron chi connectivity index (χ2n) is 8.54. The lowest BCUT2D eigenvalue weighted by atomic mass is 9.99. The molecule has 0 aliphatic heterocycles. The number of amides is 2. The van der Waals surface area contributed by atoms with E-state index in [1.807, 2.05) is 0 Å². The minimum absolute atomic E-state index is 0.000532. The van der Waals surface area contributed by atoms with E-state index in [-0.39, 0.29) is 11.0 Å². The molecule has 31 heavy (non-hydrogen) atoms. The van der Waals surface area contributed by atoms with Crippen LogP contribution in [0.2, 0.25) is 0 Å². The van der Waals surface area contributed by atoms with Crippen molar-refractivity contribution in [3.05, 3.63) is 28.6 Å². The summed E-state index contributed by atoms with van der Waals surface area (Å²) in [7, 11) is 0.901. The molecular weight excluding hydrogens is 426 g/mol. The fourth-order valence-corrected chi connectivity index (χ4v) is 2.50. The third-order valence-electron chi connectivity index (χ3n) is 3.57. The molecule has 1 aromatic carbocycles. The van der Waals surface area contributed by atoms with E-state index in [0.29, 0.717) is 0 Å². The van der Waals surface area contributed by atoms with Gasteiger partial charge in [0.25, 0.3) is 0 Å². The lowest BCUT2D eigenvalue weighted by Gasteiger charge is -2.31. The maximum atomic E-state index is 14.4. The maximum Gasteiger partial charge on any atom is 0.424 e. The molecule has 0 saturated heterocycles. The number of imide groups is 1. The van der Waals surface area contributed by atoms with Crippen molar-refractivity contribution in [1.29, 1.82) is 0 Å². The number of anilines is 1. The molecule has 0 aromatic heterocycles. The van der Waals surface area contributed by atoms with Gasteiger partial charge in [-0.1, -0.05) is 0 Å². The molecule has 0 fully saturated rings. The number of hydrogen-bond acceptors (Lipinski definition) is 6. The number of ether oxygens (including phenoxy) is 3. The Balaban J connectivity index is 3.96. The van der Waals surface area contributed by atoms with Crippen LogP contribution in [0, 0.1) is 12.7 Å². The van der Waals surface area contributed by atoms with E-state index in [2.05, 4.69) is 4.74 Å². The summed E-state index contributed by atoms with van der Waals surface area (Å²) < 4.78 is 70.3. The SMILES string of the molecule is COC(=O)c1c(F)cc(C(F)(F)F)c(N(C(=O)OC(C)(C)C)C(=O)OC(C)(C)C)c1C. The number of halogens is 4. The van der Waals surface area contributed by atoms with Crippen molar-refractivity contribution in [2.75, 3.05) is 12.0 Å². The number of rotatable bonds is 2. The molecule has 1 aromatic rings. The average Bonchev–Trinajstić information content (AvgIpc) is 2.52. The number of carbonyl (C=O) groups is 3. The van der Waals surface area contributed by atoms with E-state index in [1.54, 1.807) is 0 Å². The summed E-state index contributed by atoms with van der Waals surface area (Å²) in [5.41, 5.74) is -6.70. The van der Waals surface area contributed by atoms with Crippen LogP contribution in [0.5, 0.6) is 0 Å². The zero-order valence-electron chi connectivity index (χ0n) is 18.5. The van der Waals surface area contributed by atoms with Crippen LogP contribution < -0.4 is 4.90 Å². The number of nitrogens with zero attached hydrogens (tertiary/aromatic N) is 1. The Bertz CT molecular complexity index is 854. The minimum atomic E-state index is -5.20. The fraction of sp³-hybridized carbons (Fsp3) is 0.550. The van der Waals surface area contributed by atoms with Crippen molar-refractivity contribution in [1.82, 2.24) is 0 Å². The van der Waals surface area contributed by atoms with Crippen molar-refractivity contribution in [2.24, 2.45) is 0 Å². The molecule has 11 heteroatoms. The first-order valence-corrected chi connectivity index (χ1v) is 9.05. The second kappa shape index (κ2) is 8.72. The summed E-state index contributed by atoms with van der Waals surface area (Å²) >= 11 is 0. The maximum absolute atomic E-state index is 14.4. The molecule has 0 radical (unpaired) electrons. The highest BCUT2D eigenvalue weighted by Gasteiger charge is 2.44. The zero-order chi connectivity index (χ0) is 24.5. The first-order valence-electron chi connectivity index (χ1n) is 9.05. The van der Waals surface area contributed by atoms with Gasteiger partial charge >= 0.3 is 24.3 Å². The first kappa shape index (κ1) is 26.2. The lowest BCUT2D eigenvalue weighted by molar-refractivity contribution is -0.137. The van der Waals surface area contributed by atoms with Crippen molar-refractivity contribution < 1.29 is 46.2 Å². The zero-order valence-corrected chi connectivity index (χ0v) is 18.5. The second-order valence-corrected chi connectivity index (χ2v) is 8.54. The lowest BCUT2D eigenvalue weighted by Crippen LogP contribution is -2.45. The van der Waals surface area contributed by atoms with Crippen LogP contribution in [0.1, 0.15) is 63.0 Å². The van der Waals surface area contributed by atoms with E-state index in [0.717, 1.165) is 14.0 Å². The van der Waals surface area contributed by atoms with Crippen LogP contribution in [0.25, 0.3) is 0 Å². The molecule has 2 amide bonds. The summed E-state index contributed by atoms with van der Waals surface area (Å²) in [6, 6.07) is 0.0102. The standard InChI is InChI=1S/C20H25F4NO6/c1-10-13(15(26)29-8)12(21)9-11(20(22,23)24)14(10)25(16(27)30-18(2,3)4)17(28)31-19(5,6)7/h9H,1-8H3. The Morgan fingerprint density at radius 3 is 1.65 bits per heavy atom. The number of alkyl halides is 3. The van der Waals surface area contributed by atoms with Crippen LogP contribution in [0.4, 0.5) is 32.8 Å². The smallest absolute Gasteiger partial charge is 0.424 e. The van der Waals surface area contributed by atoms with Gasteiger partial charge in [-0.2, -0.15) is 18.1 Å². The number of methoxy groups -OCH3 is 1. The molecule has 0 atom stereocenters. The van der Waals surface area contributed by atoms with E-state index in [9.17, 15) is 31.9 Å². The number of benzene rings is 1. The van der Waals surface area contributed by atoms with Gasteiger partial charge in [0, 0.05) is 0 Å². The molecule has 174 valence electrons. The summed E-state index contributed by atoms with van der Waals surface area (Å²) in [4.78, 5) is 37.6. The minimum Gasteiger partial charge on any atom is -0.465 e. The summed E-state index contributed by atoms with van der Waals surface area (Å²) in [6.07, 6.45) is -8.20. The molecule has 1 rings (SSSR count). The molecule has 0 unspecified atom stereocenters. The molecule has 0 heterocycles. The molecule has 0 aliphatic carbocycles. The predicted octanol–water partition coefficient (Wildman–Crippen LogP) is 5.62. The van der Waals surface area contributed by atoms with E-state index in [4.69, 9.17) is 9.47 Å². The molecule has 7 nitrogen and oxygen atoms in total. The van der Waals surface area contributed by atoms with Gasteiger partial charge in [0.15, 0.2) is 0 Å². The van der Waals surface area contributed by atoms with E-state index < -0.39 is 63.7 Å². The van der Waals surface area contributed by atoms with Crippen LogP contribution in [0.3, 0.4) is 0 Å². The van der Waals surface area contributed by atoms with Gasteiger partial charge in [-0.15, -0.1) is 0 Å². The molecule has 0 bridgehead atoms. The summed E-state index contributed by atoms with van der Waals surface area (Å²) in [6.45, 7) is 9.53. The first-order chi connectivity index (χ1) is 13.8. The van der Waals surface area contributed by atoms with Gasteiger partial charge in [0.1, 0.15) is 22.6 Å². The van der Waals surface area contributed by atoms with Crippen molar-refractivity contribution in [2.45, 2.75) is 65.8 Å². The third kappa shape index (κ3) is 6.56. The highest BCUT2D eigenvalue weighted by atomic mass is 19.4. The van der Waals surface area contributed by atoms with E-state index >= 15 is 0 Å². The highest BCUT2D eigenvalue weighted by Crippen LogP contribution is 2.42. The van der Waals surface area contributed by atoms with Gasteiger partial charge in [-0.3, -0.25) is 0 Å².